The zero-order valence-corrected chi connectivity index (χ0v) is 33.8. The maximum Gasteiger partial charge on any atom is 0.425 e. The molecule has 2 aliphatic heterocycles. The Morgan fingerprint density at radius 2 is 1.73 bits per heavy atom. The third-order valence-corrected chi connectivity index (χ3v) is 11.9. The fourth-order valence-corrected chi connectivity index (χ4v) is 8.88. The van der Waals surface area contributed by atoms with Crippen LogP contribution in [0.25, 0.3) is 0 Å². The molecule has 5 rings (SSSR count). The number of nitriles is 1. The van der Waals surface area contributed by atoms with Gasteiger partial charge in [-0.2, -0.15) is 31.6 Å². The van der Waals surface area contributed by atoms with Gasteiger partial charge in [-0.25, -0.2) is 8.42 Å². The number of benzene rings is 1. The second-order valence-electron chi connectivity index (χ2n) is 14.5. The third-order valence-electron chi connectivity index (χ3n) is 10.4. The molecule has 2 aromatic heterocycles. The second-order valence-corrected chi connectivity index (χ2v) is 17.2. The number of ether oxygens (including phenoxy) is 2. The average Bonchev–Trinajstić information content (AvgIpc) is 3.66. The largest absolute Gasteiger partial charge is 0.493 e. The second kappa shape index (κ2) is 18.2. The molecule has 0 aliphatic carbocycles. The van der Waals surface area contributed by atoms with Crippen LogP contribution in [-0.2, 0) is 37.4 Å². The van der Waals surface area contributed by atoms with Crippen molar-refractivity contribution >= 4 is 39.1 Å². The molecule has 0 bridgehead atoms. The molecule has 3 aromatic rings. The van der Waals surface area contributed by atoms with E-state index < -0.39 is 73.3 Å². The van der Waals surface area contributed by atoms with E-state index in [9.17, 15) is 49.6 Å². The highest BCUT2D eigenvalue weighted by Crippen LogP contribution is 2.45. The number of hydrogen-bond donors (Lipinski definition) is 1. The van der Waals surface area contributed by atoms with Gasteiger partial charge in [-0.15, -0.1) is 11.3 Å². The normalized spacial score (nSPS) is 19.7. The number of unbranched alkanes of at least 4 members (excludes halogenated alkanes) is 1. The van der Waals surface area contributed by atoms with Gasteiger partial charge in [0.2, 0.25) is 21.5 Å². The summed E-state index contributed by atoms with van der Waals surface area (Å²) < 4.78 is 120. The molecule has 3 amide bonds. The molecule has 2 fully saturated rings. The number of amides is 3. The number of likely N-dealkylation sites (tertiary alicyclic amines) is 2. The van der Waals surface area contributed by atoms with E-state index in [0.29, 0.717) is 41.9 Å². The van der Waals surface area contributed by atoms with Crippen LogP contribution in [0.15, 0.2) is 54.0 Å². The minimum Gasteiger partial charge on any atom is -0.493 e. The van der Waals surface area contributed by atoms with E-state index in [-0.39, 0.29) is 70.5 Å². The van der Waals surface area contributed by atoms with Crippen LogP contribution in [0.1, 0.15) is 91.2 Å². The Kier molecular flexibility index (Phi) is 13.9. The maximum absolute atomic E-state index is 15.0. The minimum atomic E-state index is -4.94. The molecule has 0 unspecified atom stereocenters. The summed E-state index contributed by atoms with van der Waals surface area (Å²) in [6.07, 6.45) is -6.53. The first-order chi connectivity index (χ1) is 27.7. The summed E-state index contributed by atoms with van der Waals surface area (Å²) in [5.74, 6) is -2.33. The number of nitrogens with zero attached hydrogens (tertiary/aromatic N) is 4. The zero-order valence-electron chi connectivity index (χ0n) is 32.2. The molecule has 20 heteroatoms. The van der Waals surface area contributed by atoms with Gasteiger partial charge in [0.05, 0.1) is 36.0 Å². The summed E-state index contributed by atoms with van der Waals surface area (Å²) in [6.45, 7) is 1.76. The summed E-state index contributed by atoms with van der Waals surface area (Å²) in [6, 6.07) is 10.5. The lowest BCUT2D eigenvalue weighted by atomic mass is 9.72. The van der Waals surface area contributed by atoms with Crippen molar-refractivity contribution < 1.29 is 58.6 Å². The van der Waals surface area contributed by atoms with E-state index in [0.717, 1.165) is 40.9 Å². The summed E-state index contributed by atoms with van der Waals surface area (Å²) in [4.78, 5) is 46.3. The first-order valence-electron chi connectivity index (χ1n) is 18.9. The van der Waals surface area contributed by atoms with E-state index >= 15 is 4.79 Å². The lowest BCUT2D eigenvalue weighted by molar-refractivity contribution is -0.160. The van der Waals surface area contributed by atoms with Crippen LogP contribution in [0, 0.1) is 11.3 Å². The lowest BCUT2D eigenvalue weighted by Crippen LogP contribution is -2.68. The molecule has 2 saturated heterocycles. The number of carbonyl (C=O) groups excluding carboxylic acids is 3. The number of sulfonamides is 1. The van der Waals surface area contributed by atoms with Gasteiger partial charge < -0.3 is 19.3 Å². The summed E-state index contributed by atoms with van der Waals surface area (Å²) in [7, 11) is -3.68. The number of nitrogens with one attached hydrogen (secondary N) is 1. The van der Waals surface area contributed by atoms with Gasteiger partial charge in [0.1, 0.15) is 22.1 Å². The van der Waals surface area contributed by atoms with Crippen molar-refractivity contribution in [3.63, 3.8) is 0 Å². The molecular formula is C39H43F6N5O7S2. The molecule has 2 aliphatic rings. The van der Waals surface area contributed by atoms with E-state index in [1.165, 1.54) is 4.90 Å². The van der Waals surface area contributed by atoms with Gasteiger partial charge in [-0.05, 0) is 56.7 Å². The van der Waals surface area contributed by atoms with Crippen molar-refractivity contribution in [1.29, 1.82) is 5.26 Å². The fraction of sp³-hybridized carbons (Fsp3) is 0.513. The average molecular weight is 872 g/mol. The van der Waals surface area contributed by atoms with Crippen LogP contribution in [0.4, 0.5) is 26.3 Å². The van der Waals surface area contributed by atoms with Crippen LogP contribution in [-0.4, -0.2) is 85.1 Å². The van der Waals surface area contributed by atoms with Gasteiger partial charge >= 0.3 is 12.4 Å². The Morgan fingerprint density at radius 1 is 1.02 bits per heavy atom. The number of aromatic nitrogens is 1. The lowest BCUT2D eigenvalue weighted by Gasteiger charge is -2.51. The quantitative estimate of drug-likeness (QED) is 0.132. The van der Waals surface area contributed by atoms with Gasteiger partial charge in [0.15, 0.2) is 0 Å². The van der Waals surface area contributed by atoms with Crippen molar-refractivity contribution in [3.8, 4) is 17.6 Å². The Morgan fingerprint density at radius 3 is 2.36 bits per heavy atom. The predicted molar refractivity (Wildman–Crippen MR) is 203 cm³/mol. The molecular weight excluding hydrogens is 829 g/mol. The van der Waals surface area contributed by atoms with E-state index in [1.54, 1.807) is 31.2 Å². The van der Waals surface area contributed by atoms with E-state index in [1.807, 2.05) is 4.72 Å². The van der Waals surface area contributed by atoms with Crippen molar-refractivity contribution in [3.05, 3.63) is 75.7 Å². The smallest absolute Gasteiger partial charge is 0.425 e. The Bertz CT molecular complexity index is 2150. The van der Waals surface area contributed by atoms with Crippen molar-refractivity contribution in [2.24, 2.45) is 0 Å². The Hall–Kier alpha value is -4.90. The molecule has 2 atom stereocenters. The monoisotopic (exact) mass is 871 g/mol. The van der Waals surface area contributed by atoms with Crippen LogP contribution >= 0.6 is 11.3 Å². The number of rotatable bonds is 14. The molecule has 12 nitrogen and oxygen atoms in total. The first kappa shape index (κ1) is 45.2. The molecule has 0 saturated carbocycles. The molecule has 0 radical (unpaired) electrons. The van der Waals surface area contributed by atoms with Gasteiger partial charge in [0.25, 0.3) is 11.8 Å². The van der Waals surface area contributed by atoms with Crippen LogP contribution < -0.4 is 14.2 Å². The predicted octanol–water partition coefficient (Wildman–Crippen LogP) is 7.11. The van der Waals surface area contributed by atoms with Crippen LogP contribution in [0.3, 0.4) is 0 Å². The van der Waals surface area contributed by atoms with Crippen LogP contribution in [0.5, 0.6) is 11.5 Å². The van der Waals surface area contributed by atoms with Crippen molar-refractivity contribution in [2.75, 3.05) is 32.5 Å². The number of thiophene rings is 1. The molecule has 59 heavy (non-hydrogen) atoms. The molecule has 0 spiro atoms. The van der Waals surface area contributed by atoms with Gasteiger partial charge in [-0.3, -0.25) is 24.1 Å². The number of alkyl halides is 6. The van der Waals surface area contributed by atoms with Crippen molar-refractivity contribution in [1.82, 2.24) is 19.5 Å². The number of pyridine rings is 1. The van der Waals surface area contributed by atoms with E-state index in [2.05, 4.69) is 11.1 Å². The van der Waals surface area contributed by atoms with Crippen LogP contribution in [0.2, 0.25) is 0 Å². The molecule has 1 N–H and O–H groups in total. The Labute approximate surface area is 341 Å². The highest BCUT2D eigenvalue weighted by atomic mass is 32.2. The van der Waals surface area contributed by atoms with Crippen molar-refractivity contribution in [2.45, 2.75) is 94.1 Å². The first-order valence-corrected chi connectivity index (χ1v) is 21.6. The number of piperidine rings is 2. The summed E-state index contributed by atoms with van der Waals surface area (Å²) >= 11 is 0.349. The highest BCUT2D eigenvalue weighted by molar-refractivity contribution is 7.89. The maximum atomic E-state index is 15.0. The topological polar surface area (TPSA) is 159 Å². The Balaban J connectivity index is 1.42. The number of hydrogen-bond acceptors (Lipinski definition) is 10. The minimum absolute atomic E-state index is 0.0238. The number of carbonyl (C=O) groups is 3. The fourth-order valence-electron chi connectivity index (χ4n) is 7.69. The SMILES string of the molecule is CCC[C@H]1N(C(=O)c2ncccc2C(F)(F)F)CCC[C@@]1(Oc1csc(C(F)(F)F)c1)C(=O)N1CCC(C#N)(c2ccccc2OCCCCC(=O)NS(C)(=O)=O)CC1. The zero-order chi connectivity index (χ0) is 43.2. The molecule has 1 aromatic carbocycles. The number of para-hydroxylation sites is 1. The number of halogens is 6. The standard InChI is InChI=1S/C39H43F6N5O7S2/c1-3-10-30-37(57-26-23-31(58-24-26)39(43,44)45,15-9-19-50(30)34(52)33-28(38(40,41)42)12-8-18-47-33)35(53)49-20-16-36(25-46,17-21-49)27-11-4-5-13-29(27)56-22-7-6-14-32(51)48-59(2,54)55/h4-5,8,11-13,18,23-24,30H,3,6-7,9-10,14-17,19-22H2,1-2H3,(H,48,51)/t30-,37+/m1/s1. The highest BCUT2D eigenvalue weighted by Gasteiger charge is 2.57. The third kappa shape index (κ3) is 10.5. The summed E-state index contributed by atoms with van der Waals surface area (Å²) in [5.41, 5.74) is -4.79. The van der Waals surface area contributed by atoms with Gasteiger partial charge in [-0.1, -0.05) is 31.5 Å². The molecule has 320 valence electrons. The van der Waals surface area contributed by atoms with E-state index in [4.69, 9.17) is 9.47 Å². The van der Waals surface area contributed by atoms with Gasteiger partial charge in [0, 0.05) is 55.7 Å². The summed E-state index contributed by atoms with van der Waals surface area (Å²) in [5, 5.41) is 11.7. The molecule has 4 heterocycles.